The molecule has 2 heterocycles. The molecule has 7 heteroatoms. The van der Waals surface area contributed by atoms with Crippen LogP contribution in [0, 0.1) is 5.92 Å². The van der Waals surface area contributed by atoms with Crippen LogP contribution in [0.1, 0.15) is 15.9 Å². The number of Topliss-reactive ketones (excluding diaryl/α,β-unsaturated/α-hetero) is 1. The molecule has 2 aromatic carbocycles. The molecule has 2 aromatic rings. The van der Waals surface area contributed by atoms with Crippen LogP contribution in [0.15, 0.2) is 48.5 Å². The molecule has 3 atom stereocenters. The van der Waals surface area contributed by atoms with E-state index in [0.29, 0.717) is 21.8 Å². The molecule has 2 N–H and O–H groups in total. The van der Waals surface area contributed by atoms with Crippen LogP contribution in [0.2, 0.25) is 5.02 Å². The lowest BCUT2D eigenvalue weighted by Gasteiger charge is -2.34. The summed E-state index contributed by atoms with van der Waals surface area (Å²) in [6.45, 7) is 0. The highest BCUT2D eigenvalue weighted by Gasteiger charge is 2.62. The third-order valence-corrected chi connectivity index (χ3v) is 5.34. The molecule has 26 heavy (non-hydrogen) atoms. The fourth-order valence-corrected chi connectivity index (χ4v) is 3.99. The molecular formula is C19H15ClN2O4. The van der Waals surface area contributed by atoms with E-state index < -0.39 is 35.2 Å². The molecule has 6 nitrogen and oxygen atoms in total. The van der Waals surface area contributed by atoms with Crippen molar-refractivity contribution in [1.82, 2.24) is 4.90 Å². The maximum absolute atomic E-state index is 13.4. The van der Waals surface area contributed by atoms with E-state index in [-0.39, 0.29) is 0 Å². The largest absolute Gasteiger partial charge is 0.382 e. The average molecular weight is 371 g/mol. The van der Waals surface area contributed by atoms with Crippen molar-refractivity contribution >= 4 is 34.9 Å². The molecule has 0 radical (unpaired) electrons. The third kappa shape index (κ3) is 2.06. The van der Waals surface area contributed by atoms with Crippen molar-refractivity contribution in [3.05, 3.63) is 64.7 Å². The Balaban J connectivity index is 1.96. The molecule has 0 aromatic heterocycles. The van der Waals surface area contributed by atoms with Crippen molar-refractivity contribution in [2.24, 2.45) is 5.92 Å². The quantitative estimate of drug-likeness (QED) is 0.787. The van der Waals surface area contributed by atoms with Gasteiger partial charge in [0.15, 0.2) is 5.78 Å². The number of ketones is 1. The second kappa shape index (κ2) is 5.65. The number of carbonyl (C=O) groups excluding carboxylic acids is 3. The Kier molecular flexibility index (Phi) is 3.64. The van der Waals surface area contributed by atoms with E-state index in [4.69, 9.17) is 11.6 Å². The minimum Gasteiger partial charge on any atom is -0.382 e. The number of likely N-dealkylation sites (tertiary alicyclic amines) is 1. The Labute approximate surface area is 154 Å². The van der Waals surface area contributed by atoms with Crippen LogP contribution in [0.25, 0.3) is 0 Å². The molecule has 3 unspecified atom stereocenters. The number of fused-ring (bicyclic) bond motifs is 1. The van der Waals surface area contributed by atoms with E-state index >= 15 is 0 Å². The summed E-state index contributed by atoms with van der Waals surface area (Å²) in [7, 11) is 1.30. The molecular weight excluding hydrogens is 356 g/mol. The van der Waals surface area contributed by atoms with Gasteiger partial charge in [-0.2, -0.15) is 0 Å². The number of amides is 2. The first-order chi connectivity index (χ1) is 12.4. The Morgan fingerprint density at radius 2 is 1.77 bits per heavy atom. The second-order valence-corrected chi connectivity index (χ2v) is 6.91. The number of hydrogen-bond donors (Lipinski definition) is 2. The van der Waals surface area contributed by atoms with Gasteiger partial charge in [0.25, 0.3) is 5.91 Å². The molecule has 0 aliphatic carbocycles. The summed E-state index contributed by atoms with van der Waals surface area (Å²) in [6, 6.07) is 13.4. The van der Waals surface area contributed by atoms with Crippen LogP contribution in [0.3, 0.4) is 0 Å². The first-order valence-corrected chi connectivity index (χ1v) is 8.43. The maximum Gasteiger partial charge on any atom is 0.258 e. The van der Waals surface area contributed by atoms with Gasteiger partial charge in [-0.3, -0.25) is 19.3 Å². The van der Waals surface area contributed by atoms with Gasteiger partial charge in [0, 0.05) is 23.3 Å². The number of aliphatic hydroxyl groups excluding tert-OH is 1. The second-order valence-electron chi connectivity index (χ2n) is 6.48. The number of hydrogen-bond acceptors (Lipinski definition) is 5. The van der Waals surface area contributed by atoms with Crippen molar-refractivity contribution in [2.45, 2.75) is 11.6 Å². The zero-order chi connectivity index (χ0) is 18.6. The molecule has 1 fully saturated rings. The number of halogens is 1. The van der Waals surface area contributed by atoms with E-state index in [1.165, 1.54) is 13.1 Å². The van der Waals surface area contributed by atoms with Crippen molar-refractivity contribution in [3.63, 3.8) is 0 Å². The number of rotatable bonds is 2. The van der Waals surface area contributed by atoms with E-state index in [2.05, 4.69) is 5.32 Å². The van der Waals surface area contributed by atoms with Gasteiger partial charge in [0.2, 0.25) is 5.91 Å². The number of anilines is 1. The maximum atomic E-state index is 13.4. The summed E-state index contributed by atoms with van der Waals surface area (Å²) in [5.41, 5.74) is -0.253. The lowest BCUT2D eigenvalue weighted by molar-refractivity contribution is -0.139. The van der Waals surface area contributed by atoms with Crippen LogP contribution >= 0.6 is 11.6 Å². The predicted molar refractivity (Wildman–Crippen MR) is 94.8 cm³/mol. The van der Waals surface area contributed by atoms with Gasteiger partial charge in [-0.05, 0) is 23.8 Å². The topological polar surface area (TPSA) is 86.7 Å². The molecule has 0 spiro atoms. The number of likely N-dealkylation sites (N-methyl/N-ethyl adjacent to an activating group) is 1. The molecule has 2 aliphatic heterocycles. The highest BCUT2D eigenvalue weighted by atomic mass is 35.5. The fraction of sp³-hybridized carbons (Fsp3) is 0.211. The highest BCUT2D eigenvalue weighted by molar-refractivity contribution is 6.31. The summed E-state index contributed by atoms with van der Waals surface area (Å²) in [4.78, 5) is 39.3. The highest BCUT2D eigenvalue weighted by Crippen LogP contribution is 2.48. The lowest BCUT2D eigenvalue weighted by Crippen LogP contribution is -2.52. The Hall–Kier alpha value is -2.70. The Bertz CT molecular complexity index is 946. The first-order valence-electron chi connectivity index (χ1n) is 8.05. The minimum absolute atomic E-state index is 0.323. The normalized spacial score (nSPS) is 27.7. The molecule has 0 bridgehead atoms. The van der Waals surface area contributed by atoms with Crippen LogP contribution in [0.5, 0.6) is 0 Å². The Morgan fingerprint density at radius 1 is 1.08 bits per heavy atom. The number of nitrogens with zero attached hydrogens (tertiary/aromatic N) is 1. The molecule has 2 amide bonds. The van der Waals surface area contributed by atoms with Crippen LogP contribution in [0.4, 0.5) is 5.69 Å². The molecule has 2 aliphatic rings. The molecule has 4 rings (SSSR count). The minimum atomic E-state index is -1.62. The van der Waals surface area contributed by atoms with Gasteiger partial charge in [-0.25, -0.2) is 0 Å². The molecule has 0 saturated carbocycles. The van der Waals surface area contributed by atoms with Crippen molar-refractivity contribution < 1.29 is 19.5 Å². The van der Waals surface area contributed by atoms with Gasteiger partial charge < -0.3 is 10.4 Å². The fourth-order valence-electron chi connectivity index (χ4n) is 3.81. The average Bonchev–Trinajstić information content (AvgIpc) is 3.03. The third-order valence-electron chi connectivity index (χ3n) is 5.11. The summed E-state index contributed by atoms with van der Waals surface area (Å²) in [6.07, 6.45) is -1.62. The number of imide groups is 1. The summed E-state index contributed by atoms with van der Waals surface area (Å²) in [5, 5.41) is 14.0. The summed E-state index contributed by atoms with van der Waals surface area (Å²) >= 11 is 6.03. The van der Waals surface area contributed by atoms with Gasteiger partial charge in [-0.1, -0.05) is 41.9 Å². The van der Waals surface area contributed by atoms with E-state index in [0.717, 1.165) is 4.90 Å². The van der Waals surface area contributed by atoms with Crippen molar-refractivity contribution in [1.29, 1.82) is 0 Å². The molecule has 1 saturated heterocycles. The van der Waals surface area contributed by atoms with Gasteiger partial charge in [0.05, 0.1) is 0 Å². The van der Waals surface area contributed by atoms with Gasteiger partial charge >= 0.3 is 0 Å². The number of benzene rings is 2. The lowest BCUT2D eigenvalue weighted by atomic mass is 9.73. The monoisotopic (exact) mass is 370 g/mol. The number of carbonyl (C=O) groups is 3. The number of nitrogens with one attached hydrogen (secondary N) is 1. The van der Waals surface area contributed by atoms with Crippen molar-refractivity contribution in [3.8, 4) is 0 Å². The summed E-state index contributed by atoms with van der Waals surface area (Å²) < 4.78 is 0. The van der Waals surface area contributed by atoms with E-state index in [1.54, 1.807) is 42.5 Å². The van der Waals surface area contributed by atoms with Gasteiger partial charge in [0.1, 0.15) is 17.6 Å². The number of aliphatic hydroxyl groups is 1. The zero-order valence-electron chi connectivity index (χ0n) is 13.8. The smallest absolute Gasteiger partial charge is 0.258 e. The standard InChI is InChI=1S/C19H15ClN2O4/c1-22-17(25)14(15(23)18(22)26)19(10-5-3-2-4-6-10)16(24)12-9-11(20)7-8-13(12)21-19/h2-9,14-15,21,23H,1H3. The van der Waals surface area contributed by atoms with Gasteiger partial charge in [-0.15, -0.1) is 0 Å². The SMILES string of the molecule is CN1C(=O)C(O)C(C2(c3ccccc3)Nc3ccc(Cl)cc3C2=O)C1=O. The van der Waals surface area contributed by atoms with E-state index in [1.807, 2.05) is 0 Å². The van der Waals surface area contributed by atoms with Crippen LogP contribution in [-0.4, -0.2) is 40.8 Å². The van der Waals surface area contributed by atoms with Crippen LogP contribution in [-0.2, 0) is 15.1 Å². The van der Waals surface area contributed by atoms with Crippen molar-refractivity contribution in [2.75, 3.05) is 12.4 Å². The van der Waals surface area contributed by atoms with Crippen LogP contribution < -0.4 is 5.32 Å². The zero-order valence-corrected chi connectivity index (χ0v) is 14.5. The Morgan fingerprint density at radius 3 is 2.38 bits per heavy atom. The first kappa shape index (κ1) is 16.8. The van der Waals surface area contributed by atoms with E-state index in [9.17, 15) is 19.5 Å². The predicted octanol–water partition coefficient (Wildman–Crippen LogP) is 1.82. The summed E-state index contributed by atoms with van der Waals surface area (Å²) in [5.74, 6) is -3.01. The molecule has 132 valence electrons.